The van der Waals surface area contributed by atoms with Crippen LogP contribution in [0.5, 0.6) is 0 Å². The van der Waals surface area contributed by atoms with Crippen molar-refractivity contribution in [2.75, 3.05) is 0 Å². The molecule has 0 aliphatic heterocycles. The Morgan fingerprint density at radius 3 is 2.16 bits per heavy atom. The zero-order chi connectivity index (χ0) is 18.4. The van der Waals surface area contributed by atoms with Gasteiger partial charge in [-0.2, -0.15) is 0 Å². The number of esters is 1. The van der Waals surface area contributed by atoms with Gasteiger partial charge in [0.05, 0.1) is 5.56 Å². The smallest absolute Gasteiger partial charge is 0.338 e. The van der Waals surface area contributed by atoms with Crippen LogP contribution in [-0.4, -0.2) is 17.9 Å². The van der Waals surface area contributed by atoms with E-state index in [0.29, 0.717) is 11.1 Å². The van der Waals surface area contributed by atoms with Gasteiger partial charge in [0.1, 0.15) is 6.10 Å². The lowest BCUT2D eigenvalue weighted by atomic mass is 9.88. The number of ether oxygens (including phenoxy) is 1. The minimum atomic E-state index is -0.416. The van der Waals surface area contributed by atoms with Crippen molar-refractivity contribution in [3.63, 3.8) is 0 Å². The van der Waals surface area contributed by atoms with Gasteiger partial charge in [-0.25, -0.2) is 4.79 Å². The van der Waals surface area contributed by atoms with E-state index in [1.54, 1.807) is 25.1 Å². The van der Waals surface area contributed by atoms with Crippen LogP contribution in [0.15, 0.2) is 60.7 Å². The van der Waals surface area contributed by atoms with Crippen LogP contribution in [0.1, 0.15) is 54.0 Å². The fourth-order valence-electron chi connectivity index (χ4n) is 2.42. The Balaban J connectivity index is 2.25. The molecule has 0 amide bonds. The van der Waals surface area contributed by atoms with Crippen molar-refractivity contribution in [2.45, 2.75) is 33.8 Å². The molecule has 0 saturated heterocycles. The Kier molecular flexibility index (Phi) is 5.92. The highest BCUT2D eigenvalue weighted by molar-refractivity contribution is 5.97. The summed E-state index contributed by atoms with van der Waals surface area (Å²) in [4.78, 5) is 24.1. The molecular weight excluding hydrogens is 312 g/mol. The predicted octanol–water partition coefficient (Wildman–Crippen LogP) is 5.17. The molecule has 2 rings (SSSR count). The molecule has 0 N–H and O–H groups in total. The van der Waals surface area contributed by atoms with Gasteiger partial charge in [0.15, 0.2) is 5.78 Å². The summed E-state index contributed by atoms with van der Waals surface area (Å²) in [5.74, 6) is -0.348. The second-order valence-electron chi connectivity index (χ2n) is 7.06. The second kappa shape index (κ2) is 7.93. The Hall–Kier alpha value is -2.68. The number of hydrogen-bond acceptors (Lipinski definition) is 3. The normalized spacial score (nSPS) is 12.8. The Morgan fingerprint density at radius 1 is 0.960 bits per heavy atom. The van der Waals surface area contributed by atoms with E-state index in [4.69, 9.17) is 4.74 Å². The van der Waals surface area contributed by atoms with E-state index in [9.17, 15) is 9.59 Å². The molecule has 0 aromatic heterocycles. The fourth-order valence-corrected chi connectivity index (χ4v) is 2.42. The maximum Gasteiger partial charge on any atom is 0.338 e. The highest BCUT2D eigenvalue weighted by atomic mass is 16.5. The third-order valence-electron chi connectivity index (χ3n) is 3.89. The van der Waals surface area contributed by atoms with Crippen LogP contribution in [-0.2, 0) is 4.74 Å². The van der Waals surface area contributed by atoms with Crippen LogP contribution in [0.25, 0.3) is 6.08 Å². The van der Waals surface area contributed by atoms with Crippen LogP contribution >= 0.6 is 0 Å². The lowest BCUT2D eigenvalue weighted by molar-refractivity contribution is 0.0151. The SMILES string of the molecule is CC(=O)c1ccccc1/C=C/C(OC(=O)c1ccccc1)C(C)(C)C. The molecule has 0 aliphatic rings. The summed E-state index contributed by atoms with van der Waals surface area (Å²) >= 11 is 0. The molecule has 0 bridgehead atoms. The molecule has 0 radical (unpaired) electrons. The molecule has 25 heavy (non-hydrogen) atoms. The van der Waals surface area contributed by atoms with Crippen molar-refractivity contribution in [1.82, 2.24) is 0 Å². The first-order valence-corrected chi connectivity index (χ1v) is 8.33. The van der Waals surface area contributed by atoms with Crippen LogP contribution in [0, 0.1) is 5.41 Å². The molecule has 3 nitrogen and oxygen atoms in total. The summed E-state index contributed by atoms with van der Waals surface area (Å²) in [6, 6.07) is 16.3. The van der Waals surface area contributed by atoms with Crippen molar-refractivity contribution >= 4 is 17.8 Å². The van der Waals surface area contributed by atoms with Gasteiger partial charge in [-0.05, 0) is 30.7 Å². The molecule has 0 aliphatic carbocycles. The van der Waals surface area contributed by atoms with Crippen LogP contribution in [0.2, 0.25) is 0 Å². The number of Topliss-reactive ketones (excluding diaryl/α,β-unsaturated/α-hetero) is 1. The topological polar surface area (TPSA) is 43.4 Å². The van der Waals surface area contributed by atoms with E-state index in [1.807, 2.05) is 69.3 Å². The van der Waals surface area contributed by atoms with E-state index in [0.717, 1.165) is 5.56 Å². The molecule has 130 valence electrons. The Bertz CT molecular complexity index is 767. The highest BCUT2D eigenvalue weighted by Gasteiger charge is 2.26. The van der Waals surface area contributed by atoms with Gasteiger partial charge in [0.25, 0.3) is 0 Å². The maximum atomic E-state index is 12.4. The maximum absolute atomic E-state index is 12.4. The lowest BCUT2D eigenvalue weighted by Crippen LogP contribution is -2.30. The number of benzene rings is 2. The van der Waals surface area contributed by atoms with Gasteiger partial charge in [-0.15, -0.1) is 0 Å². The van der Waals surface area contributed by atoms with E-state index < -0.39 is 6.10 Å². The van der Waals surface area contributed by atoms with Gasteiger partial charge >= 0.3 is 5.97 Å². The summed E-state index contributed by atoms with van der Waals surface area (Å²) < 4.78 is 5.71. The van der Waals surface area contributed by atoms with Crippen molar-refractivity contribution in [3.05, 3.63) is 77.4 Å². The molecule has 0 heterocycles. The monoisotopic (exact) mass is 336 g/mol. The molecule has 0 fully saturated rings. The fraction of sp³-hybridized carbons (Fsp3) is 0.273. The second-order valence-corrected chi connectivity index (χ2v) is 7.06. The Labute approximate surface area is 149 Å². The number of ketones is 1. The number of carbonyl (C=O) groups is 2. The third-order valence-corrected chi connectivity index (χ3v) is 3.89. The van der Waals surface area contributed by atoms with E-state index in [-0.39, 0.29) is 17.2 Å². The number of hydrogen-bond donors (Lipinski definition) is 0. The zero-order valence-corrected chi connectivity index (χ0v) is 15.2. The molecular formula is C22H24O3. The number of rotatable bonds is 5. The van der Waals surface area contributed by atoms with Gasteiger partial charge in [-0.3, -0.25) is 4.79 Å². The van der Waals surface area contributed by atoms with E-state index >= 15 is 0 Å². The minimum absolute atomic E-state index is 0.00818. The van der Waals surface area contributed by atoms with Crippen LogP contribution in [0.4, 0.5) is 0 Å². The number of carbonyl (C=O) groups excluding carboxylic acids is 2. The molecule has 1 atom stereocenters. The molecule has 0 saturated carbocycles. The molecule has 3 heteroatoms. The lowest BCUT2D eigenvalue weighted by Gasteiger charge is -2.28. The quantitative estimate of drug-likeness (QED) is 0.558. The van der Waals surface area contributed by atoms with Crippen molar-refractivity contribution in [2.24, 2.45) is 5.41 Å². The van der Waals surface area contributed by atoms with E-state index in [2.05, 4.69) is 0 Å². The molecule has 2 aromatic carbocycles. The van der Waals surface area contributed by atoms with Gasteiger partial charge < -0.3 is 4.74 Å². The van der Waals surface area contributed by atoms with Crippen molar-refractivity contribution in [1.29, 1.82) is 0 Å². The van der Waals surface area contributed by atoms with Gasteiger partial charge in [0, 0.05) is 11.0 Å². The van der Waals surface area contributed by atoms with Gasteiger partial charge in [-0.1, -0.05) is 69.3 Å². The van der Waals surface area contributed by atoms with Crippen LogP contribution < -0.4 is 0 Å². The molecule has 1 unspecified atom stereocenters. The van der Waals surface area contributed by atoms with Crippen molar-refractivity contribution in [3.8, 4) is 0 Å². The largest absolute Gasteiger partial charge is 0.454 e. The van der Waals surface area contributed by atoms with Crippen molar-refractivity contribution < 1.29 is 14.3 Å². The Morgan fingerprint density at radius 2 is 1.56 bits per heavy atom. The predicted molar refractivity (Wildman–Crippen MR) is 101 cm³/mol. The molecule has 2 aromatic rings. The minimum Gasteiger partial charge on any atom is -0.454 e. The average Bonchev–Trinajstić information content (AvgIpc) is 2.58. The summed E-state index contributed by atoms with van der Waals surface area (Å²) in [7, 11) is 0. The third kappa shape index (κ3) is 5.15. The zero-order valence-electron chi connectivity index (χ0n) is 15.2. The van der Waals surface area contributed by atoms with Crippen LogP contribution in [0.3, 0.4) is 0 Å². The summed E-state index contributed by atoms with van der Waals surface area (Å²) in [5, 5.41) is 0. The van der Waals surface area contributed by atoms with E-state index in [1.165, 1.54) is 0 Å². The first kappa shape index (κ1) is 18.7. The summed E-state index contributed by atoms with van der Waals surface area (Å²) in [5.41, 5.74) is 1.72. The first-order valence-electron chi connectivity index (χ1n) is 8.33. The summed E-state index contributed by atoms with van der Waals surface area (Å²) in [6.45, 7) is 7.58. The van der Waals surface area contributed by atoms with Gasteiger partial charge in [0.2, 0.25) is 0 Å². The highest BCUT2D eigenvalue weighted by Crippen LogP contribution is 2.26. The molecule has 0 spiro atoms. The average molecular weight is 336 g/mol. The standard InChI is InChI=1S/C22H24O3/c1-16(23)19-13-9-8-10-17(19)14-15-20(22(2,3)4)25-21(24)18-11-6-5-7-12-18/h5-15,20H,1-4H3/b15-14+. The first-order chi connectivity index (χ1) is 11.8. The summed E-state index contributed by atoms with van der Waals surface area (Å²) in [6.07, 6.45) is 3.29.